The second-order valence-electron chi connectivity index (χ2n) is 7.48. The van der Waals surface area contributed by atoms with Crippen molar-refractivity contribution in [2.75, 3.05) is 13.6 Å². The second-order valence-corrected chi connectivity index (χ2v) is 7.48. The Bertz CT molecular complexity index is 995. The molecule has 6 nitrogen and oxygen atoms in total. The van der Waals surface area contributed by atoms with Crippen LogP contribution < -0.4 is 5.73 Å². The van der Waals surface area contributed by atoms with Crippen LogP contribution in [-0.2, 0) is 17.6 Å². The summed E-state index contributed by atoms with van der Waals surface area (Å²) in [5, 5.41) is 4.47. The second kappa shape index (κ2) is 6.58. The highest BCUT2D eigenvalue weighted by atomic mass is 16.2. The number of nitrogens with two attached hydrogens (primary N) is 1. The highest BCUT2D eigenvalue weighted by Gasteiger charge is 2.30. The van der Waals surface area contributed by atoms with Crippen LogP contribution in [0.5, 0.6) is 0 Å². The molecular weight excluding hydrogens is 340 g/mol. The smallest absolute Gasteiger partial charge is 0.269 e. The van der Waals surface area contributed by atoms with Crippen LogP contribution in [0.3, 0.4) is 0 Å². The lowest BCUT2D eigenvalue weighted by Gasteiger charge is -2.07. The molecule has 0 bridgehead atoms. The minimum Gasteiger partial charge on any atom is -0.364 e. The minimum absolute atomic E-state index is 0.0867. The third kappa shape index (κ3) is 3.10. The first kappa shape index (κ1) is 17.3. The Morgan fingerprint density at radius 2 is 2.15 bits per heavy atom. The van der Waals surface area contributed by atoms with Crippen molar-refractivity contribution in [2.45, 2.75) is 26.2 Å². The molecule has 2 aliphatic rings. The first-order valence-electron chi connectivity index (χ1n) is 9.21. The average Bonchev–Trinajstić information content (AvgIpc) is 3.27. The van der Waals surface area contributed by atoms with Crippen LogP contribution in [0.4, 0.5) is 0 Å². The number of amides is 2. The third-order valence-electron chi connectivity index (χ3n) is 5.33. The Balaban J connectivity index is 1.68. The number of hydrogen-bond donors (Lipinski definition) is 1. The molecule has 1 saturated heterocycles. The fourth-order valence-electron chi connectivity index (χ4n) is 3.91. The van der Waals surface area contributed by atoms with E-state index in [1.54, 1.807) is 11.9 Å². The van der Waals surface area contributed by atoms with Crippen LogP contribution in [-0.4, -0.2) is 40.1 Å². The molecule has 4 rings (SSSR count). The van der Waals surface area contributed by atoms with Crippen LogP contribution in [0.15, 0.2) is 24.3 Å². The van der Waals surface area contributed by atoms with E-state index < -0.39 is 5.91 Å². The summed E-state index contributed by atoms with van der Waals surface area (Å²) in [4.78, 5) is 25.5. The number of aromatic nitrogens is 2. The van der Waals surface area contributed by atoms with Crippen LogP contribution in [0.25, 0.3) is 5.69 Å². The van der Waals surface area contributed by atoms with E-state index in [0.29, 0.717) is 11.6 Å². The molecule has 2 aromatic rings. The lowest BCUT2D eigenvalue weighted by molar-refractivity contribution is -0.128. The van der Waals surface area contributed by atoms with E-state index in [1.807, 2.05) is 28.9 Å². The molecule has 27 heavy (non-hydrogen) atoms. The first-order valence-corrected chi connectivity index (χ1v) is 9.21. The standard InChI is InChI=1S/C21H22N4O2/c1-13-10-17-18(11-13)25(23-19(17)20(22)26)16-5-3-4-14(12-16)6-7-15-8-9-24(2)21(15)27/h3-5,12-13,15H,8-11H2,1-2H3,(H2,22,26)/t13-,15+/m0/s1. The molecule has 2 atom stereocenters. The first-order chi connectivity index (χ1) is 12.9. The van der Waals surface area contributed by atoms with E-state index in [4.69, 9.17) is 5.73 Å². The zero-order valence-corrected chi connectivity index (χ0v) is 15.5. The van der Waals surface area contributed by atoms with Crippen LogP contribution in [0.2, 0.25) is 0 Å². The van der Waals surface area contributed by atoms with Gasteiger partial charge in [-0.25, -0.2) is 4.68 Å². The monoisotopic (exact) mass is 362 g/mol. The number of rotatable bonds is 2. The molecule has 138 valence electrons. The third-order valence-corrected chi connectivity index (χ3v) is 5.33. The summed E-state index contributed by atoms with van der Waals surface area (Å²) in [6.45, 7) is 2.92. The van der Waals surface area contributed by atoms with Gasteiger partial charge in [-0.3, -0.25) is 9.59 Å². The van der Waals surface area contributed by atoms with E-state index in [1.165, 1.54) is 0 Å². The zero-order valence-electron chi connectivity index (χ0n) is 15.5. The van der Waals surface area contributed by atoms with Gasteiger partial charge in [0.2, 0.25) is 5.91 Å². The number of fused-ring (bicyclic) bond motifs is 1. The average molecular weight is 362 g/mol. The van der Waals surface area contributed by atoms with Crippen molar-refractivity contribution >= 4 is 11.8 Å². The fraction of sp³-hybridized carbons (Fsp3) is 0.381. The van der Waals surface area contributed by atoms with Crippen molar-refractivity contribution in [3.63, 3.8) is 0 Å². The van der Waals surface area contributed by atoms with Gasteiger partial charge in [-0.1, -0.05) is 24.8 Å². The summed E-state index contributed by atoms with van der Waals surface area (Å²) in [6, 6.07) is 7.72. The normalized spacial score (nSPS) is 21.1. The highest BCUT2D eigenvalue weighted by Crippen LogP contribution is 2.31. The van der Waals surface area contributed by atoms with Gasteiger partial charge in [0.15, 0.2) is 5.69 Å². The van der Waals surface area contributed by atoms with Crippen LogP contribution in [0, 0.1) is 23.7 Å². The van der Waals surface area contributed by atoms with Gasteiger partial charge in [0.1, 0.15) is 5.92 Å². The van der Waals surface area contributed by atoms with Gasteiger partial charge >= 0.3 is 0 Å². The molecular formula is C21H22N4O2. The SMILES string of the molecule is C[C@H]1Cc2c(C(N)=O)nn(-c3cccc(C#C[C@@H]4CCN(C)C4=O)c3)c2C1. The molecule has 2 amide bonds. The summed E-state index contributed by atoms with van der Waals surface area (Å²) in [5.74, 6) is 6.06. The predicted octanol–water partition coefficient (Wildman–Crippen LogP) is 1.54. The van der Waals surface area contributed by atoms with Crippen molar-refractivity contribution < 1.29 is 9.59 Å². The van der Waals surface area contributed by atoms with Gasteiger partial charge in [-0.05, 0) is 43.4 Å². The van der Waals surface area contributed by atoms with E-state index in [9.17, 15) is 9.59 Å². The molecule has 0 unspecified atom stereocenters. The van der Waals surface area contributed by atoms with Crippen molar-refractivity contribution in [2.24, 2.45) is 17.6 Å². The molecule has 1 aliphatic heterocycles. The van der Waals surface area contributed by atoms with Crippen molar-refractivity contribution in [3.8, 4) is 17.5 Å². The van der Waals surface area contributed by atoms with E-state index >= 15 is 0 Å². The molecule has 0 spiro atoms. The van der Waals surface area contributed by atoms with Gasteiger partial charge in [0.25, 0.3) is 5.91 Å². The maximum atomic E-state index is 12.0. The molecule has 2 N–H and O–H groups in total. The Kier molecular flexibility index (Phi) is 4.23. The fourth-order valence-corrected chi connectivity index (χ4v) is 3.91. The Morgan fingerprint density at radius 3 is 2.85 bits per heavy atom. The van der Waals surface area contributed by atoms with Crippen LogP contribution in [0.1, 0.15) is 40.7 Å². The number of carbonyl (C=O) groups is 2. The lowest BCUT2D eigenvalue weighted by atomic mass is 10.1. The number of carbonyl (C=O) groups excluding carboxylic acids is 2. The van der Waals surface area contributed by atoms with Gasteiger partial charge in [-0.15, -0.1) is 0 Å². The molecule has 6 heteroatoms. The summed E-state index contributed by atoms with van der Waals surface area (Å²) in [5.41, 5.74) is 9.58. The molecule has 1 fully saturated rings. The summed E-state index contributed by atoms with van der Waals surface area (Å²) < 4.78 is 1.82. The largest absolute Gasteiger partial charge is 0.364 e. The maximum absolute atomic E-state index is 12.0. The van der Waals surface area contributed by atoms with Gasteiger partial charge in [0.05, 0.1) is 5.69 Å². The van der Waals surface area contributed by atoms with Crippen LogP contribution >= 0.6 is 0 Å². The molecule has 0 radical (unpaired) electrons. The molecule has 0 saturated carbocycles. The Morgan fingerprint density at radius 1 is 1.33 bits per heavy atom. The van der Waals surface area contributed by atoms with E-state index in [-0.39, 0.29) is 11.8 Å². The quantitative estimate of drug-likeness (QED) is 0.823. The molecule has 1 aromatic heterocycles. The number of likely N-dealkylation sites (tertiary alicyclic amines) is 1. The number of nitrogens with zero attached hydrogens (tertiary/aromatic N) is 3. The summed E-state index contributed by atoms with van der Waals surface area (Å²) >= 11 is 0. The highest BCUT2D eigenvalue weighted by molar-refractivity contribution is 5.93. The Labute approximate surface area is 158 Å². The topological polar surface area (TPSA) is 81.2 Å². The van der Waals surface area contributed by atoms with Gasteiger partial charge in [0, 0.05) is 30.4 Å². The van der Waals surface area contributed by atoms with Crippen molar-refractivity contribution in [1.29, 1.82) is 0 Å². The van der Waals surface area contributed by atoms with Gasteiger partial charge < -0.3 is 10.6 Å². The molecule has 1 aromatic carbocycles. The van der Waals surface area contributed by atoms with Crippen molar-refractivity contribution in [1.82, 2.24) is 14.7 Å². The molecule has 2 heterocycles. The lowest BCUT2D eigenvalue weighted by Crippen LogP contribution is -2.21. The number of hydrogen-bond acceptors (Lipinski definition) is 3. The minimum atomic E-state index is -0.487. The van der Waals surface area contributed by atoms with E-state index in [0.717, 1.165) is 48.3 Å². The molecule has 1 aliphatic carbocycles. The van der Waals surface area contributed by atoms with Crippen molar-refractivity contribution in [3.05, 3.63) is 46.8 Å². The predicted molar refractivity (Wildman–Crippen MR) is 101 cm³/mol. The summed E-state index contributed by atoms with van der Waals surface area (Å²) in [7, 11) is 1.81. The summed E-state index contributed by atoms with van der Waals surface area (Å²) in [6.07, 6.45) is 2.47. The number of primary amides is 1. The van der Waals surface area contributed by atoms with Gasteiger partial charge in [-0.2, -0.15) is 5.10 Å². The maximum Gasteiger partial charge on any atom is 0.269 e. The zero-order chi connectivity index (χ0) is 19.1. The van der Waals surface area contributed by atoms with E-state index in [2.05, 4.69) is 23.9 Å². The Hall–Kier alpha value is -3.07. The number of benzene rings is 1.